The minimum Gasteiger partial charge on any atom is -0.386 e. The Morgan fingerprint density at radius 2 is 1.24 bits per heavy atom. The molecule has 0 heterocycles. The summed E-state index contributed by atoms with van der Waals surface area (Å²) < 4.78 is 14.2. The first kappa shape index (κ1) is 17.1. The van der Waals surface area contributed by atoms with E-state index in [1.165, 1.54) is 0 Å². The third kappa shape index (κ3) is 4.05. The van der Waals surface area contributed by atoms with Crippen LogP contribution in [0.5, 0.6) is 0 Å². The number of rotatable bonds is 5. The van der Waals surface area contributed by atoms with Crippen LogP contribution in [0.4, 0.5) is 0 Å². The van der Waals surface area contributed by atoms with E-state index in [9.17, 15) is 0 Å². The average Bonchev–Trinajstić information content (AvgIpc) is 2.12. The van der Waals surface area contributed by atoms with Crippen LogP contribution in [-0.2, 0) is 8.85 Å². The second-order valence-corrected chi connectivity index (χ2v) is 9.74. The van der Waals surface area contributed by atoms with Crippen molar-refractivity contribution in [3.63, 3.8) is 0 Å². The van der Waals surface area contributed by atoms with E-state index in [0.717, 1.165) is 12.5 Å². The van der Waals surface area contributed by atoms with E-state index in [2.05, 4.69) is 53.0 Å². The molecule has 0 atom stereocenters. The van der Waals surface area contributed by atoms with Gasteiger partial charge in [-0.3, -0.25) is 4.57 Å². The van der Waals surface area contributed by atoms with E-state index < -0.39 is 8.72 Å². The first-order chi connectivity index (χ1) is 7.55. The monoisotopic (exact) mass is 261 g/mol. The zero-order valence-corrected chi connectivity index (χ0v) is 14.2. The maximum absolute atomic E-state index is 5.89. The molecule has 0 aliphatic carbocycles. The maximum Gasteiger partial charge on any atom is 0.428 e. The van der Waals surface area contributed by atoms with Crippen LogP contribution in [0.15, 0.2) is 0 Å². The molecule has 17 heavy (non-hydrogen) atoms. The third-order valence-electron chi connectivity index (χ3n) is 2.89. The molecule has 0 radical (unpaired) electrons. The van der Waals surface area contributed by atoms with Gasteiger partial charge in [-0.25, -0.2) is 0 Å². The predicted molar refractivity (Wildman–Crippen MR) is 76.2 cm³/mol. The summed E-state index contributed by atoms with van der Waals surface area (Å²) in [6.07, 6.45) is 1.08. The van der Waals surface area contributed by atoms with Gasteiger partial charge in [0.2, 0.25) is 0 Å². The molecular formula is C13H31NO2Si. The molecule has 0 aromatic carbocycles. The topological polar surface area (TPSA) is 21.7 Å². The van der Waals surface area contributed by atoms with Gasteiger partial charge in [-0.05, 0) is 41.5 Å². The van der Waals surface area contributed by atoms with Gasteiger partial charge in [0.05, 0.1) is 0 Å². The predicted octanol–water partition coefficient (Wildman–Crippen LogP) is 3.53. The van der Waals surface area contributed by atoms with Gasteiger partial charge in [-0.15, -0.1) is 0 Å². The highest BCUT2D eigenvalue weighted by molar-refractivity contribution is 6.64. The van der Waals surface area contributed by atoms with Crippen LogP contribution >= 0.6 is 0 Å². The van der Waals surface area contributed by atoms with Crippen molar-refractivity contribution in [2.75, 3.05) is 14.2 Å². The molecule has 0 aliphatic heterocycles. The Morgan fingerprint density at radius 3 is 1.41 bits per heavy atom. The lowest BCUT2D eigenvalue weighted by molar-refractivity contribution is 0.0437. The van der Waals surface area contributed by atoms with Crippen molar-refractivity contribution in [2.24, 2.45) is 0 Å². The maximum atomic E-state index is 5.89. The highest BCUT2D eigenvalue weighted by Crippen LogP contribution is 2.34. The molecule has 0 saturated heterocycles. The van der Waals surface area contributed by atoms with Crippen LogP contribution in [0.3, 0.4) is 0 Å². The lowest BCUT2D eigenvalue weighted by Crippen LogP contribution is -2.69. The fourth-order valence-corrected chi connectivity index (χ4v) is 6.77. The Labute approximate surface area is 109 Å². The molecule has 0 amide bonds. The molecule has 0 aromatic rings. The van der Waals surface area contributed by atoms with Gasteiger partial charge in [0.25, 0.3) is 0 Å². The van der Waals surface area contributed by atoms with Gasteiger partial charge in [0.1, 0.15) is 0 Å². The number of nitrogens with zero attached hydrogens (tertiary/aromatic N) is 1. The summed E-state index contributed by atoms with van der Waals surface area (Å²) in [7, 11) is 1.26. The summed E-state index contributed by atoms with van der Waals surface area (Å²) >= 11 is 0. The lowest BCUT2D eigenvalue weighted by atomic mass is 10.0. The second-order valence-electron chi connectivity index (χ2n) is 6.55. The Hall–Kier alpha value is 0.0969. The average molecular weight is 261 g/mol. The normalized spacial score (nSPS) is 14.5. The zero-order chi connectivity index (χ0) is 13.9. The molecule has 3 nitrogen and oxygen atoms in total. The van der Waals surface area contributed by atoms with Crippen LogP contribution in [0.1, 0.15) is 54.9 Å². The highest BCUT2D eigenvalue weighted by atomic mass is 28.4. The van der Waals surface area contributed by atoms with Gasteiger partial charge in [-0.1, -0.05) is 13.3 Å². The van der Waals surface area contributed by atoms with E-state index in [1.807, 2.05) is 0 Å². The van der Waals surface area contributed by atoms with Crippen LogP contribution in [-0.4, -0.2) is 38.6 Å². The fraction of sp³-hybridized carbons (Fsp3) is 1.00. The van der Waals surface area contributed by atoms with Crippen molar-refractivity contribution in [2.45, 2.75) is 72.0 Å². The van der Waals surface area contributed by atoms with E-state index >= 15 is 0 Å². The first-order valence-corrected chi connectivity index (χ1v) is 8.43. The van der Waals surface area contributed by atoms with Crippen molar-refractivity contribution in [1.82, 2.24) is 4.57 Å². The smallest absolute Gasteiger partial charge is 0.386 e. The molecule has 0 aromatic heterocycles. The summed E-state index contributed by atoms with van der Waals surface area (Å²) in [5.74, 6) is 0. The molecule has 0 spiro atoms. The van der Waals surface area contributed by atoms with E-state index in [1.54, 1.807) is 14.2 Å². The van der Waals surface area contributed by atoms with Crippen molar-refractivity contribution in [3.8, 4) is 0 Å². The lowest BCUT2D eigenvalue weighted by Gasteiger charge is -2.53. The molecule has 4 heteroatoms. The van der Waals surface area contributed by atoms with E-state index in [4.69, 9.17) is 8.85 Å². The van der Waals surface area contributed by atoms with E-state index in [-0.39, 0.29) is 11.1 Å². The molecule has 0 unspecified atom stereocenters. The summed E-state index contributed by atoms with van der Waals surface area (Å²) in [5.41, 5.74) is 0.0668. The summed E-state index contributed by atoms with van der Waals surface area (Å²) in [5, 5.41) is 0. The Bertz CT molecular complexity index is 213. The standard InChI is InChI=1S/C13H31NO2Si/c1-10-11-17(15-8,16-9)14(12(2,3)4)13(5,6)7/h10-11H2,1-9H3. The van der Waals surface area contributed by atoms with Crippen molar-refractivity contribution in [3.05, 3.63) is 0 Å². The van der Waals surface area contributed by atoms with Crippen molar-refractivity contribution in [1.29, 1.82) is 0 Å². The number of hydrogen-bond donors (Lipinski definition) is 0. The van der Waals surface area contributed by atoms with Crippen LogP contribution in [0, 0.1) is 0 Å². The van der Waals surface area contributed by atoms with Gasteiger partial charge in [0.15, 0.2) is 0 Å². The van der Waals surface area contributed by atoms with Crippen molar-refractivity contribution >= 4 is 8.72 Å². The largest absolute Gasteiger partial charge is 0.428 e. The quantitative estimate of drug-likeness (QED) is 0.707. The molecule has 0 fully saturated rings. The van der Waals surface area contributed by atoms with Crippen LogP contribution in [0.25, 0.3) is 0 Å². The molecular weight excluding hydrogens is 230 g/mol. The molecule has 0 bridgehead atoms. The Morgan fingerprint density at radius 1 is 0.882 bits per heavy atom. The minimum absolute atomic E-state index is 0.0334. The van der Waals surface area contributed by atoms with E-state index in [0.29, 0.717) is 0 Å². The first-order valence-electron chi connectivity index (χ1n) is 6.46. The van der Waals surface area contributed by atoms with Crippen LogP contribution < -0.4 is 0 Å². The van der Waals surface area contributed by atoms with Gasteiger partial charge in [-0.2, -0.15) is 0 Å². The second kappa shape index (κ2) is 5.82. The van der Waals surface area contributed by atoms with Crippen LogP contribution in [0.2, 0.25) is 6.04 Å². The Balaban J connectivity index is 5.53. The molecule has 0 aliphatic rings. The fourth-order valence-electron chi connectivity index (χ4n) is 2.93. The number of hydrogen-bond acceptors (Lipinski definition) is 3. The Kier molecular flexibility index (Phi) is 5.86. The molecule has 0 saturated carbocycles. The highest BCUT2D eigenvalue weighted by Gasteiger charge is 2.52. The summed E-state index contributed by atoms with van der Waals surface area (Å²) in [6, 6.07) is 0.995. The molecule has 0 rings (SSSR count). The van der Waals surface area contributed by atoms with Gasteiger partial charge < -0.3 is 8.85 Å². The van der Waals surface area contributed by atoms with Gasteiger partial charge >= 0.3 is 8.72 Å². The SMILES string of the molecule is CCC[Si](OC)(OC)N(C(C)(C)C)C(C)(C)C. The third-order valence-corrected chi connectivity index (χ3v) is 7.32. The minimum atomic E-state index is -2.31. The molecule has 0 N–H and O–H groups in total. The van der Waals surface area contributed by atoms with Gasteiger partial charge in [0, 0.05) is 31.3 Å². The molecule has 104 valence electrons. The summed E-state index contributed by atoms with van der Waals surface area (Å²) in [6.45, 7) is 15.6. The zero-order valence-electron chi connectivity index (χ0n) is 13.2. The summed E-state index contributed by atoms with van der Waals surface area (Å²) in [4.78, 5) is 0. The van der Waals surface area contributed by atoms with Crippen molar-refractivity contribution < 1.29 is 8.85 Å².